The molecule has 3 atom stereocenters. The van der Waals surface area contributed by atoms with Crippen LogP contribution in [0.15, 0.2) is 24.3 Å². The third kappa shape index (κ3) is 4.05. The minimum atomic E-state index is -0.135. The molecule has 3 unspecified atom stereocenters. The van der Waals surface area contributed by atoms with E-state index in [-0.39, 0.29) is 5.82 Å². The van der Waals surface area contributed by atoms with Crippen LogP contribution in [0.2, 0.25) is 0 Å². The second-order valence-electron chi connectivity index (χ2n) is 6.73. The highest BCUT2D eigenvalue weighted by Gasteiger charge is 2.31. The standard InChI is InChI=1S/C18H28FN/c1-13(2)15-6-7-16(12-20-3)17(11-15)10-14-4-8-18(19)9-5-14/h4-5,8-9,13,15-17,20H,6-7,10-12H2,1-3H3. The predicted octanol–water partition coefficient (Wildman–Crippen LogP) is 4.28. The monoisotopic (exact) mass is 277 g/mol. The highest BCUT2D eigenvalue weighted by molar-refractivity contribution is 5.17. The highest BCUT2D eigenvalue weighted by atomic mass is 19.1. The van der Waals surface area contributed by atoms with Crippen LogP contribution in [0.3, 0.4) is 0 Å². The Kier molecular flexibility index (Phi) is 5.59. The number of hydrogen-bond acceptors (Lipinski definition) is 1. The SMILES string of the molecule is CNCC1CCC(C(C)C)CC1Cc1ccc(F)cc1. The molecule has 1 aliphatic rings. The van der Waals surface area contributed by atoms with Gasteiger partial charge in [0, 0.05) is 0 Å². The lowest BCUT2D eigenvalue weighted by Crippen LogP contribution is -2.34. The first-order valence-electron chi connectivity index (χ1n) is 7.99. The molecule has 1 aromatic carbocycles. The minimum absolute atomic E-state index is 0.135. The predicted molar refractivity (Wildman–Crippen MR) is 83.2 cm³/mol. The van der Waals surface area contributed by atoms with Gasteiger partial charge in [-0.25, -0.2) is 4.39 Å². The van der Waals surface area contributed by atoms with E-state index in [0.29, 0.717) is 0 Å². The number of halogens is 1. The summed E-state index contributed by atoms with van der Waals surface area (Å²) in [6, 6.07) is 7.08. The summed E-state index contributed by atoms with van der Waals surface area (Å²) >= 11 is 0. The van der Waals surface area contributed by atoms with Gasteiger partial charge in [-0.1, -0.05) is 26.0 Å². The van der Waals surface area contributed by atoms with Crippen LogP contribution >= 0.6 is 0 Å². The molecule has 1 nitrogen and oxygen atoms in total. The van der Waals surface area contributed by atoms with E-state index in [1.165, 1.54) is 24.8 Å². The first-order valence-corrected chi connectivity index (χ1v) is 7.99. The Morgan fingerprint density at radius 3 is 2.45 bits per heavy atom. The fourth-order valence-electron chi connectivity index (χ4n) is 3.67. The summed E-state index contributed by atoms with van der Waals surface area (Å²) in [6.45, 7) is 5.80. The molecule has 0 spiro atoms. The molecule has 1 N–H and O–H groups in total. The van der Waals surface area contributed by atoms with Gasteiger partial charge in [-0.3, -0.25) is 0 Å². The van der Waals surface area contributed by atoms with E-state index < -0.39 is 0 Å². The fourth-order valence-corrected chi connectivity index (χ4v) is 3.67. The molecule has 0 aliphatic heterocycles. The van der Waals surface area contributed by atoms with Crippen molar-refractivity contribution in [3.8, 4) is 0 Å². The summed E-state index contributed by atoms with van der Waals surface area (Å²) in [6.07, 6.45) is 5.11. The van der Waals surface area contributed by atoms with Gasteiger partial charge in [0.1, 0.15) is 5.82 Å². The van der Waals surface area contributed by atoms with Crippen LogP contribution in [-0.4, -0.2) is 13.6 Å². The lowest BCUT2D eigenvalue weighted by molar-refractivity contribution is 0.146. The van der Waals surface area contributed by atoms with Gasteiger partial charge >= 0.3 is 0 Å². The fraction of sp³-hybridized carbons (Fsp3) is 0.667. The Morgan fingerprint density at radius 1 is 1.15 bits per heavy atom. The van der Waals surface area contributed by atoms with Gasteiger partial charge < -0.3 is 5.32 Å². The van der Waals surface area contributed by atoms with Crippen molar-refractivity contribution in [2.24, 2.45) is 23.7 Å². The maximum Gasteiger partial charge on any atom is 0.123 e. The van der Waals surface area contributed by atoms with Gasteiger partial charge in [0.25, 0.3) is 0 Å². The Balaban J connectivity index is 2.04. The maximum atomic E-state index is 13.0. The van der Waals surface area contributed by atoms with Crippen molar-refractivity contribution in [3.63, 3.8) is 0 Å². The number of nitrogens with one attached hydrogen (secondary N) is 1. The van der Waals surface area contributed by atoms with Crippen molar-refractivity contribution in [2.45, 2.75) is 39.5 Å². The van der Waals surface area contributed by atoms with E-state index in [9.17, 15) is 4.39 Å². The van der Waals surface area contributed by atoms with Crippen molar-refractivity contribution in [1.82, 2.24) is 5.32 Å². The van der Waals surface area contributed by atoms with E-state index in [4.69, 9.17) is 0 Å². The molecular formula is C18H28FN. The molecule has 2 rings (SSSR count). The van der Waals surface area contributed by atoms with Gasteiger partial charge in [-0.15, -0.1) is 0 Å². The quantitative estimate of drug-likeness (QED) is 0.847. The van der Waals surface area contributed by atoms with Gasteiger partial charge in [-0.2, -0.15) is 0 Å². The van der Waals surface area contributed by atoms with Crippen molar-refractivity contribution in [3.05, 3.63) is 35.6 Å². The van der Waals surface area contributed by atoms with E-state index in [1.807, 2.05) is 19.2 Å². The Hall–Kier alpha value is -0.890. The van der Waals surface area contributed by atoms with Crippen LogP contribution in [0.25, 0.3) is 0 Å². The Bertz CT molecular complexity index is 398. The average Bonchev–Trinajstić information content (AvgIpc) is 2.43. The molecule has 112 valence electrons. The van der Waals surface area contributed by atoms with Crippen LogP contribution < -0.4 is 5.32 Å². The molecule has 0 aromatic heterocycles. The van der Waals surface area contributed by atoms with E-state index in [1.54, 1.807) is 12.1 Å². The molecule has 0 saturated heterocycles. The van der Waals surface area contributed by atoms with Crippen molar-refractivity contribution < 1.29 is 4.39 Å². The minimum Gasteiger partial charge on any atom is -0.319 e. The smallest absolute Gasteiger partial charge is 0.123 e. The molecule has 0 heterocycles. The Labute approximate surface area is 123 Å². The van der Waals surface area contributed by atoms with Crippen molar-refractivity contribution in [1.29, 1.82) is 0 Å². The zero-order valence-electron chi connectivity index (χ0n) is 13.0. The van der Waals surface area contributed by atoms with Crippen LogP contribution in [0, 0.1) is 29.5 Å². The molecule has 1 fully saturated rings. The summed E-state index contributed by atoms with van der Waals surface area (Å²) in [4.78, 5) is 0. The second kappa shape index (κ2) is 7.21. The summed E-state index contributed by atoms with van der Waals surface area (Å²) in [5.41, 5.74) is 1.28. The summed E-state index contributed by atoms with van der Waals surface area (Å²) in [7, 11) is 2.05. The second-order valence-corrected chi connectivity index (χ2v) is 6.73. The largest absolute Gasteiger partial charge is 0.319 e. The van der Waals surface area contributed by atoms with Crippen LogP contribution in [0.4, 0.5) is 4.39 Å². The molecule has 2 heteroatoms. The molecule has 0 bridgehead atoms. The molecule has 20 heavy (non-hydrogen) atoms. The number of hydrogen-bond donors (Lipinski definition) is 1. The summed E-state index contributed by atoms with van der Waals surface area (Å²) in [5.74, 6) is 2.99. The zero-order chi connectivity index (χ0) is 14.5. The van der Waals surface area contributed by atoms with E-state index in [2.05, 4.69) is 19.2 Å². The molecule has 0 amide bonds. The van der Waals surface area contributed by atoms with Gasteiger partial charge in [0.2, 0.25) is 0 Å². The summed E-state index contributed by atoms with van der Waals surface area (Å²) < 4.78 is 13.0. The normalized spacial score (nSPS) is 26.9. The number of rotatable bonds is 5. The van der Waals surface area contributed by atoms with Crippen LogP contribution in [0.5, 0.6) is 0 Å². The van der Waals surface area contributed by atoms with Crippen molar-refractivity contribution in [2.75, 3.05) is 13.6 Å². The summed E-state index contributed by atoms with van der Waals surface area (Å²) in [5, 5.41) is 3.35. The lowest BCUT2D eigenvalue weighted by atomic mass is 9.69. The third-order valence-electron chi connectivity index (χ3n) is 5.00. The maximum absolute atomic E-state index is 13.0. The first kappa shape index (κ1) is 15.5. The third-order valence-corrected chi connectivity index (χ3v) is 5.00. The topological polar surface area (TPSA) is 12.0 Å². The number of benzene rings is 1. The molecule has 0 radical (unpaired) electrons. The lowest BCUT2D eigenvalue weighted by Gasteiger charge is -2.38. The Morgan fingerprint density at radius 2 is 1.85 bits per heavy atom. The molecule has 1 aliphatic carbocycles. The van der Waals surface area contributed by atoms with E-state index in [0.717, 1.165) is 36.6 Å². The van der Waals surface area contributed by atoms with Gasteiger partial charge in [0.15, 0.2) is 0 Å². The van der Waals surface area contributed by atoms with Gasteiger partial charge in [-0.05, 0) is 80.6 Å². The zero-order valence-corrected chi connectivity index (χ0v) is 13.0. The van der Waals surface area contributed by atoms with Crippen LogP contribution in [0.1, 0.15) is 38.7 Å². The van der Waals surface area contributed by atoms with Gasteiger partial charge in [0.05, 0.1) is 0 Å². The van der Waals surface area contributed by atoms with Crippen LogP contribution in [-0.2, 0) is 6.42 Å². The molecule has 1 aromatic rings. The molecular weight excluding hydrogens is 249 g/mol. The molecule has 1 saturated carbocycles. The first-order chi connectivity index (χ1) is 9.60. The van der Waals surface area contributed by atoms with E-state index >= 15 is 0 Å². The highest BCUT2D eigenvalue weighted by Crippen LogP contribution is 2.38. The average molecular weight is 277 g/mol. The van der Waals surface area contributed by atoms with Crippen molar-refractivity contribution >= 4 is 0 Å².